The molecule has 17 heavy (non-hydrogen) atoms. The zero-order valence-corrected chi connectivity index (χ0v) is 12.7. The molecule has 0 N–H and O–H groups in total. The highest BCUT2D eigenvalue weighted by atomic mass is 79.9. The second kappa shape index (κ2) is 7.96. The molecule has 0 fully saturated rings. The topological polar surface area (TPSA) is 12.5 Å². The largest absolute Gasteiger partial charge is 0.496 e. The summed E-state index contributed by atoms with van der Waals surface area (Å²) in [7, 11) is 1.70. The van der Waals surface area contributed by atoms with E-state index in [0.29, 0.717) is 0 Å². The molecule has 0 saturated heterocycles. The average molecular weight is 321 g/mol. The van der Waals surface area contributed by atoms with Gasteiger partial charge in [0.1, 0.15) is 5.75 Å². The highest BCUT2D eigenvalue weighted by Crippen LogP contribution is 2.24. The zero-order chi connectivity index (χ0) is 12.7. The van der Waals surface area contributed by atoms with E-state index in [2.05, 4.69) is 27.8 Å². The van der Waals surface area contributed by atoms with Gasteiger partial charge >= 0.3 is 0 Å². The van der Waals surface area contributed by atoms with Crippen LogP contribution in [0.3, 0.4) is 0 Å². The first kappa shape index (κ1) is 14.8. The lowest BCUT2D eigenvalue weighted by Crippen LogP contribution is -2.26. The highest BCUT2D eigenvalue weighted by molar-refractivity contribution is 9.09. The molecule has 0 aliphatic heterocycles. The second-order valence-corrected chi connectivity index (χ2v) is 5.15. The molecule has 0 aliphatic carbocycles. The third-order valence-corrected chi connectivity index (χ3v) is 3.17. The minimum atomic E-state index is 0.760. The Morgan fingerprint density at radius 3 is 2.71 bits per heavy atom. The van der Waals surface area contributed by atoms with Crippen molar-refractivity contribution in [3.63, 3.8) is 0 Å². The van der Waals surface area contributed by atoms with Crippen LogP contribution in [0.25, 0.3) is 0 Å². The molecule has 0 heterocycles. The molecular weight excluding hydrogens is 302 g/mol. The minimum absolute atomic E-state index is 0.760. The first-order valence-electron chi connectivity index (χ1n) is 5.82. The van der Waals surface area contributed by atoms with Crippen LogP contribution in [0, 0.1) is 0 Å². The summed E-state index contributed by atoms with van der Waals surface area (Å²) in [6.07, 6.45) is 1.15. The number of ether oxygens (including phenoxy) is 1. The number of alkyl halides is 1. The van der Waals surface area contributed by atoms with Gasteiger partial charge in [0, 0.05) is 29.0 Å². The van der Waals surface area contributed by atoms with Gasteiger partial charge in [-0.3, -0.25) is 4.90 Å². The lowest BCUT2D eigenvalue weighted by atomic mass is 10.2. The van der Waals surface area contributed by atoms with Crippen molar-refractivity contribution in [2.45, 2.75) is 19.9 Å². The standard InChI is InChI=1S/C13H19BrClNO/c1-3-7-16(8-6-14)10-11-9-12(15)4-5-13(11)17-2/h4-5,9H,3,6-8,10H2,1-2H3. The summed E-state index contributed by atoms with van der Waals surface area (Å²) in [5.74, 6) is 0.907. The smallest absolute Gasteiger partial charge is 0.123 e. The van der Waals surface area contributed by atoms with E-state index in [1.165, 1.54) is 0 Å². The number of benzene rings is 1. The van der Waals surface area contributed by atoms with Crippen molar-refractivity contribution in [1.29, 1.82) is 0 Å². The van der Waals surface area contributed by atoms with Crippen LogP contribution < -0.4 is 4.74 Å². The Kier molecular flexibility index (Phi) is 6.93. The Hall–Kier alpha value is -0.250. The van der Waals surface area contributed by atoms with Gasteiger partial charge in [-0.15, -0.1) is 0 Å². The van der Waals surface area contributed by atoms with Crippen LogP contribution in [0.2, 0.25) is 5.02 Å². The van der Waals surface area contributed by atoms with E-state index in [1.54, 1.807) is 7.11 Å². The van der Waals surface area contributed by atoms with Crippen molar-refractivity contribution in [2.75, 3.05) is 25.5 Å². The van der Waals surface area contributed by atoms with Crippen LogP contribution in [-0.2, 0) is 6.54 Å². The number of rotatable bonds is 7. The molecule has 0 spiro atoms. The van der Waals surface area contributed by atoms with E-state index in [1.807, 2.05) is 18.2 Å². The van der Waals surface area contributed by atoms with E-state index >= 15 is 0 Å². The monoisotopic (exact) mass is 319 g/mol. The number of halogens is 2. The summed E-state index contributed by atoms with van der Waals surface area (Å²) >= 11 is 9.51. The molecule has 0 bridgehead atoms. The number of methoxy groups -OCH3 is 1. The van der Waals surface area contributed by atoms with Crippen LogP contribution in [0.15, 0.2) is 18.2 Å². The fourth-order valence-electron chi connectivity index (χ4n) is 1.82. The van der Waals surface area contributed by atoms with Gasteiger partial charge in [0.2, 0.25) is 0 Å². The summed E-state index contributed by atoms with van der Waals surface area (Å²) in [4.78, 5) is 2.39. The molecule has 0 aliphatic rings. The van der Waals surface area contributed by atoms with E-state index < -0.39 is 0 Å². The van der Waals surface area contributed by atoms with Gasteiger partial charge in [-0.05, 0) is 31.2 Å². The van der Waals surface area contributed by atoms with Gasteiger partial charge in [-0.2, -0.15) is 0 Å². The van der Waals surface area contributed by atoms with Gasteiger partial charge in [-0.1, -0.05) is 34.5 Å². The maximum Gasteiger partial charge on any atom is 0.123 e. The first-order chi connectivity index (χ1) is 8.21. The minimum Gasteiger partial charge on any atom is -0.496 e. The third-order valence-electron chi connectivity index (χ3n) is 2.58. The van der Waals surface area contributed by atoms with Crippen molar-refractivity contribution in [2.24, 2.45) is 0 Å². The van der Waals surface area contributed by atoms with Gasteiger partial charge < -0.3 is 4.74 Å². The molecule has 1 aromatic rings. The zero-order valence-electron chi connectivity index (χ0n) is 10.4. The molecule has 1 aromatic carbocycles. The van der Waals surface area contributed by atoms with Gasteiger partial charge in [0.15, 0.2) is 0 Å². The molecular formula is C13H19BrClNO. The van der Waals surface area contributed by atoms with Crippen molar-refractivity contribution >= 4 is 27.5 Å². The van der Waals surface area contributed by atoms with Crippen molar-refractivity contribution in [1.82, 2.24) is 4.90 Å². The van der Waals surface area contributed by atoms with Gasteiger partial charge in [-0.25, -0.2) is 0 Å². The normalized spacial score (nSPS) is 10.9. The maximum absolute atomic E-state index is 6.03. The van der Waals surface area contributed by atoms with Crippen LogP contribution in [0.5, 0.6) is 5.75 Å². The number of hydrogen-bond acceptors (Lipinski definition) is 2. The third kappa shape index (κ3) is 4.86. The summed E-state index contributed by atoms with van der Waals surface area (Å²) in [5, 5.41) is 1.74. The predicted octanol–water partition coefficient (Wildman–Crippen LogP) is 3.96. The van der Waals surface area contributed by atoms with Gasteiger partial charge in [0.05, 0.1) is 7.11 Å². The Labute approximate surface area is 117 Å². The predicted molar refractivity (Wildman–Crippen MR) is 77.4 cm³/mol. The lowest BCUT2D eigenvalue weighted by molar-refractivity contribution is 0.278. The molecule has 0 amide bonds. The molecule has 0 saturated carbocycles. The maximum atomic E-state index is 6.03. The number of nitrogens with zero attached hydrogens (tertiary/aromatic N) is 1. The quantitative estimate of drug-likeness (QED) is 0.705. The summed E-state index contributed by atoms with van der Waals surface area (Å²) in [6, 6.07) is 5.77. The molecule has 0 aromatic heterocycles. The highest BCUT2D eigenvalue weighted by Gasteiger charge is 2.09. The first-order valence-corrected chi connectivity index (χ1v) is 7.32. The van der Waals surface area contributed by atoms with Crippen molar-refractivity contribution in [3.8, 4) is 5.75 Å². The molecule has 0 radical (unpaired) electrons. The van der Waals surface area contributed by atoms with E-state index in [-0.39, 0.29) is 0 Å². The Balaban J connectivity index is 2.79. The molecule has 0 unspecified atom stereocenters. The molecule has 2 nitrogen and oxygen atoms in total. The summed E-state index contributed by atoms with van der Waals surface area (Å²) in [5.41, 5.74) is 1.15. The van der Waals surface area contributed by atoms with E-state index in [0.717, 1.165) is 47.7 Å². The summed E-state index contributed by atoms with van der Waals surface area (Å²) < 4.78 is 5.36. The second-order valence-electron chi connectivity index (χ2n) is 3.92. The molecule has 1 rings (SSSR count). The van der Waals surface area contributed by atoms with Crippen molar-refractivity contribution < 1.29 is 4.74 Å². The fraction of sp³-hybridized carbons (Fsp3) is 0.538. The fourth-order valence-corrected chi connectivity index (χ4v) is 2.51. The SMILES string of the molecule is CCCN(CCBr)Cc1cc(Cl)ccc1OC. The van der Waals surface area contributed by atoms with Crippen LogP contribution in [0.4, 0.5) is 0 Å². The summed E-state index contributed by atoms with van der Waals surface area (Å²) in [6.45, 7) is 5.18. The molecule has 4 heteroatoms. The Bertz CT molecular complexity index is 340. The Morgan fingerprint density at radius 1 is 1.35 bits per heavy atom. The lowest BCUT2D eigenvalue weighted by Gasteiger charge is -2.21. The van der Waals surface area contributed by atoms with Crippen LogP contribution >= 0.6 is 27.5 Å². The number of hydrogen-bond donors (Lipinski definition) is 0. The van der Waals surface area contributed by atoms with E-state index in [4.69, 9.17) is 16.3 Å². The molecule has 96 valence electrons. The van der Waals surface area contributed by atoms with E-state index in [9.17, 15) is 0 Å². The van der Waals surface area contributed by atoms with Crippen LogP contribution in [0.1, 0.15) is 18.9 Å². The Morgan fingerprint density at radius 2 is 2.12 bits per heavy atom. The average Bonchev–Trinajstić information content (AvgIpc) is 2.30. The molecule has 0 atom stereocenters. The van der Waals surface area contributed by atoms with Crippen molar-refractivity contribution in [3.05, 3.63) is 28.8 Å². The van der Waals surface area contributed by atoms with Gasteiger partial charge in [0.25, 0.3) is 0 Å². The van der Waals surface area contributed by atoms with Crippen LogP contribution in [-0.4, -0.2) is 30.4 Å².